The standard InChI is InChI=1S/C18H28N4O2/c1-13(19)18-20-14-11-16(23-2)17(24-3)12-15(14)22(18)10-9-21-7-5-4-6-8-21/h11-13H,4-10,19H2,1-3H3. The number of hydrogen-bond donors (Lipinski definition) is 1. The molecule has 1 aliphatic rings. The van der Waals surface area contributed by atoms with Crippen LogP contribution in [0.1, 0.15) is 38.1 Å². The van der Waals surface area contributed by atoms with Crippen molar-refractivity contribution in [2.75, 3.05) is 33.9 Å². The Hall–Kier alpha value is -1.79. The summed E-state index contributed by atoms with van der Waals surface area (Å²) in [7, 11) is 3.30. The molecule has 0 aliphatic carbocycles. The van der Waals surface area contributed by atoms with Crippen LogP contribution in [0.25, 0.3) is 11.0 Å². The number of ether oxygens (including phenoxy) is 2. The first-order valence-electron chi connectivity index (χ1n) is 8.74. The maximum atomic E-state index is 6.17. The first kappa shape index (κ1) is 17.0. The van der Waals surface area contributed by atoms with E-state index < -0.39 is 0 Å². The average Bonchev–Trinajstić information content (AvgIpc) is 2.97. The highest BCUT2D eigenvalue weighted by Gasteiger charge is 2.18. The van der Waals surface area contributed by atoms with Crippen molar-refractivity contribution in [3.63, 3.8) is 0 Å². The number of fused-ring (bicyclic) bond motifs is 1. The van der Waals surface area contributed by atoms with Crippen molar-refractivity contribution in [3.05, 3.63) is 18.0 Å². The number of rotatable bonds is 6. The highest BCUT2D eigenvalue weighted by Crippen LogP contribution is 2.33. The van der Waals surface area contributed by atoms with Gasteiger partial charge in [0.15, 0.2) is 11.5 Å². The fourth-order valence-electron chi connectivity index (χ4n) is 3.48. The van der Waals surface area contributed by atoms with Crippen LogP contribution in [0.3, 0.4) is 0 Å². The second-order valence-corrected chi connectivity index (χ2v) is 6.51. The van der Waals surface area contributed by atoms with E-state index in [1.165, 1.54) is 32.4 Å². The van der Waals surface area contributed by atoms with Gasteiger partial charge in [-0.25, -0.2) is 4.98 Å². The molecule has 0 bridgehead atoms. The number of nitrogens with zero attached hydrogens (tertiary/aromatic N) is 3. The van der Waals surface area contributed by atoms with Gasteiger partial charge in [-0.1, -0.05) is 6.42 Å². The Kier molecular flexibility index (Phi) is 5.26. The van der Waals surface area contributed by atoms with E-state index in [9.17, 15) is 0 Å². The Bertz CT molecular complexity index is 690. The summed E-state index contributed by atoms with van der Waals surface area (Å²) in [5, 5.41) is 0. The lowest BCUT2D eigenvalue weighted by Crippen LogP contribution is -2.33. The molecule has 2 heterocycles. The van der Waals surface area contributed by atoms with Crippen molar-refractivity contribution >= 4 is 11.0 Å². The third kappa shape index (κ3) is 3.35. The number of benzene rings is 1. The van der Waals surface area contributed by atoms with E-state index in [1.807, 2.05) is 19.1 Å². The Balaban J connectivity index is 1.94. The third-order valence-corrected chi connectivity index (χ3v) is 4.78. The predicted octanol–water partition coefficient (Wildman–Crippen LogP) is 2.56. The lowest BCUT2D eigenvalue weighted by Gasteiger charge is -2.27. The summed E-state index contributed by atoms with van der Waals surface area (Å²) >= 11 is 0. The van der Waals surface area contributed by atoms with E-state index in [1.54, 1.807) is 14.2 Å². The smallest absolute Gasteiger partial charge is 0.163 e. The van der Waals surface area contributed by atoms with Crippen molar-refractivity contribution in [3.8, 4) is 11.5 Å². The van der Waals surface area contributed by atoms with Crippen molar-refractivity contribution < 1.29 is 9.47 Å². The molecule has 24 heavy (non-hydrogen) atoms. The molecule has 1 unspecified atom stereocenters. The van der Waals surface area contributed by atoms with E-state index in [2.05, 4.69) is 9.47 Å². The Morgan fingerprint density at radius 2 is 1.75 bits per heavy atom. The van der Waals surface area contributed by atoms with Gasteiger partial charge in [-0.3, -0.25) is 0 Å². The number of imidazole rings is 1. The molecule has 1 saturated heterocycles. The molecule has 1 aliphatic heterocycles. The van der Waals surface area contributed by atoms with Gasteiger partial charge in [0, 0.05) is 25.2 Å². The molecule has 1 fully saturated rings. The van der Waals surface area contributed by atoms with Crippen LogP contribution in [0.15, 0.2) is 12.1 Å². The van der Waals surface area contributed by atoms with Gasteiger partial charge in [-0.15, -0.1) is 0 Å². The van der Waals surface area contributed by atoms with Gasteiger partial charge in [0.1, 0.15) is 5.82 Å². The van der Waals surface area contributed by atoms with Crippen molar-refractivity contribution in [1.29, 1.82) is 0 Å². The highest BCUT2D eigenvalue weighted by atomic mass is 16.5. The van der Waals surface area contributed by atoms with Gasteiger partial charge in [-0.2, -0.15) is 0 Å². The van der Waals surface area contributed by atoms with Crippen LogP contribution in [-0.2, 0) is 6.54 Å². The van der Waals surface area contributed by atoms with E-state index in [4.69, 9.17) is 20.2 Å². The second-order valence-electron chi connectivity index (χ2n) is 6.51. The third-order valence-electron chi connectivity index (χ3n) is 4.78. The first-order valence-corrected chi connectivity index (χ1v) is 8.74. The number of nitrogens with two attached hydrogens (primary N) is 1. The minimum Gasteiger partial charge on any atom is -0.493 e. The Labute approximate surface area is 143 Å². The van der Waals surface area contributed by atoms with E-state index in [0.717, 1.165) is 35.7 Å². The summed E-state index contributed by atoms with van der Waals surface area (Å²) in [6, 6.07) is 3.82. The second kappa shape index (κ2) is 7.40. The number of aromatic nitrogens is 2. The van der Waals surface area contributed by atoms with Gasteiger partial charge in [0.2, 0.25) is 0 Å². The van der Waals surface area contributed by atoms with E-state index >= 15 is 0 Å². The lowest BCUT2D eigenvalue weighted by molar-refractivity contribution is 0.220. The lowest BCUT2D eigenvalue weighted by atomic mass is 10.1. The zero-order valence-electron chi connectivity index (χ0n) is 14.9. The Morgan fingerprint density at radius 1 is 1.08 bits per heavy atom. The average molecular weight is 332 g/mol. The summed E-state index contributed by atoms with van der Waals surface area (Å²) in [5.74, 6) is 2.33. The quantitative estimate of drug-likeness (QED) is 0.881. The fraction of sp³-hybridized carbons (Fsp3) is 0.611. The topological polar surface area (TPSA) is 65.5 Å². The minimum absolute atomic E-state index is 0.115. The highest BCUT2D eigenvalue weighted by molar-refractivity contribution is 5.80. The van der Waals surface area contributed by atoms with Gasteiger partial charge in [0.05, 0.1) is 31.3 Å². The van der Waals surface area contributed by atoms with Crippen LogP contribution in [0, 0.1) is 0 Å². The van der Waals surface area contributed by atoms with E-state index in [-0.39, 0.29) is 6.04 Å². The number of piperidine rings is 1. The zero-order valence-corrected chi connectivity index (χ0v) is 14.9. The first-order chi connectivity index (χ1) is 11.6. The largest absolute Gasteiger partial charge is 0.493 e. The predicted molar refractivity (Wildman–Crippen MR) is 95.7 cm³/mol. The molecule has 3 rings (SSSR count). The Morgan fingerprint density at radius 3 is 2.38 bits per heavy atom. The normalized spacial score (nSPS) is 17.2. The summed E-state index contributed by atoms with van der Waals surface area (Å²) in [4.78, 5) is 7.27. The van der Waals surface area contributed by atoms with Crippen molar-refractivity contribution in [2.24, 2.45) is 5.73 Å². The molecule has 132 valence electrons. The van der Waals surface area contributed by atoms with Crippen LogP contribution in [0.2, 0.25) is 0 Å². The molecular formula is C18H28N4O2. The van der Waals surface area contributed by atoms with Gasteiger partial charge in [0.25, 0.3) is 0 Å². The van der Waals surface area contributed by atoms with Crippen molar-refractivity contribution in [2.45, 2.75) is 38.8 Å². The molecule has 6 nitrogen and oxygen atoms in total. The molecule has 0 radical (unpaired) electrons. The number of likely N-dealkylation sites (tertiary alicyclic amines) is 1. The zero-order chi connectivity index (χ0) is 17.1. The van der Waals surface area contributed by atoms with E-state index in [0.29, 0.717) is 5.75 Å². The summed E-state index contributed by atoms with van der Waals surface area (Å²) < 4.78 is 13.1. The summed E-state index contributed by atoms with van der Waals surface area (Å²) in [6.07, 6.45) is 3.96. The molecular weight excluding hydrogens is 304 g/mol. The molecule has 1 aromatic carbocycles. The molecule has 0 spiro atoms. The number of hydrogen-bond acceptors (Lipinski definition) is 5. The van der Waals surface area contributed by atoms with Crippen LogP contribution in [-0.4, -0.2) is 48.3 Å². The SMILES string of the molecule is COc1cc2nc(C(C)N)n(CCN3CCCCC3)c2cc1OC. The molecule has 2 aromatic rings. The van der Waals surface area contributed by atoms with Crippen LogP contribution in [0.4, 0.5) is 0 Å². The van der Waals surface area contributed by atoms with Gasteiger partial charge in [-0.05, 0) is 32.9 Å². The minimum atomic E-state index is -0.115. The molecule has 1 atom stereocenters. The van der Waals surface area contributed by atoms with Gasteiger partial charge >= 0.3 is 0 Å². The van der Waals surface area contributed by atoms with Crippen LogP contribution >= 0.6 is 0 Å². The fourth-order valence-corrected chi connectivity index (χ4v) is 3.48. The maximum absolute atomic E-state index is 6.17. The summed E-state index contributed by atoms with van der Waals surface area (Å²) in [6.45, 7) is 6.28. The molecule has 1 aromatic heterocycles. The monoisotopic (exact) mass is 332 g/mol. The van der Waals surface area contributed by atoms with Crippen molar-refractivity contribution in [1.82, 2.24) is 14.5 Å². The molecule has 2 N–H and O–H groups in total. The molecule has 6 heteroatoms. The summed E-state index contributed by atoms with van der Waals surface area (Å²) in [5.41, 5.74) is 8.12. The maximum Gasteiger partial charge on any atom is 0.163 e. The van der Waals surface area contributed by atoms with Gasteiger partial charge < -0.3 is 24.7 Å². The van der Waals surface area contributed by atoms with Crippen LogP contribution < -0.4 is 15.2 Å². The number of methoxy groups -OCH3 is 2. The van der Waals surface area contributed by atoms with Crippen LogP contribution in [0.5, 0.6) is 11.5 Å². The molecule has 0 amide bonds. The molecule has 0 saturated carbocycles.